The van der Waals surface area contributed by atoms with Crippen LogP contribution in [0.2, 0.25) is 0 Å². The molecule has 0 aromatic heterocycles. The lowest BCUT2D eigenvalue weighted by Gasteiger charge is -2.53. The summed E-state index contributed by atoms with van der Waals surface area (Å²) in [6.07, 6.45) is 16.7. The van der Waals surface area contributed by atoms with Gasteiger partial charge in [0, 0.05) is 0 Å². The summed E-state index contributed by atoms with van der Waals surface area (Å²) in [5.41, 5.74) is 4.75. The number of allylic oxidation sites excluding steroid dienone is 4. The first-order valence-electron chi connectivity index (χ1n) is 9.79. The van der Waals surface area contributed by atoms with Gasteiger partial charge in [-0.05, 0) is 92.8 Å². The van der Waals surface area contributed by atoms with Gasteiger partial charge in [0.1, 0.15) is 0 Å². The Bertz CT molecular complexity index is 520. The number of rotatable bonds is 0. The highest BCUT2D eigenvalue weighted by Crippen LogP contribution is 2.63. The van der Waals surface area contributed by atoms with Crippen LogP contribution in [0.15, 0.2) is 23.3 Å². The molecule has 3 fully saturated rings. The van der Waals surface area contributed by atoms with Gasteiger partial charge in [-0.1, -0.05) is 44.1 Å². The van der Waals surface area contributed by atoms with Crippen LogP contribution in [0.25, 0.3) is 0 Å². The van der Waals surface area contributed by atoms with E-state index in [0.29, 0.717) is 10.8 Å². The predicted molar refractivity (Wildman–Crippen MR) is 94.6 cm³/mol. The van der Waals surface area contributed by atoms with Crippen molar-refractivity contribution in [1.29, 1.82) is 0 Å². The van der Waals surface area contributed by atoms with E-state index in [0.717, 1.165) is 23.7 Å². The second-order valence-corrected chi connectivity index (χ2v) is 9.74. The highest BCUT2D eigenvalue weighted by atomic mass is 14.6. The minimum atomic E-state index is 0.551. The SMILES string of the molecule is C/C=C1/CC[C@H]2[C@@H]3CC=C4CC(C)(C)CC[C@@H]4[C@H]3CC[C@]12C. The normalized spacial score (nSPS) is 48.4. The van der Waals surface area contributed by atoms with E-state index in [-0.39, 0.29) is 0 Å². The Balaban J connectivity index is 1.63. The molecule has 0 saturated heterocycles. The molecule has 0 aliphatic heterocycles. The Morgan fingerprint density at radius 2 is 1.86 bits per heavy atom. The molecule has 4 aliphatic rings. The van der Waals surface area contributed by atoms with Gasteiger partial charge < -0.3 is 0 Å². The van der Waals surface area contributed by atoms with Crippen LogP contribution in [0, 0.1) is 34.5 Å². The van der Waals surface area contributed by atoms with Gasteiger partial charge in [-0.2, -0.15) is 0 Å². The van der Waals surface area contributed by atoms with Gasteiger partial charge in [0.15, 0.2) is 0 Å². The van der Waals surface area contributed by atoms with E-state index in [4.69, 9.17) is 0 Å². The summed E-state index contributed by atoms with van der Waals surface area (Å²) in [4.78, 5) is 0. The maximum absolute atomic E-state index is 2.70. The summed E-state index contributed by atoms with van der Waals surface area (Å²) in [6.45, 7) is 9.82. The maximum Gasteiger partial charge on any atom is -0.00852 e. The Labute approximate surface area is 137 Å². The zero-order valence-corrected chi connectivity index (χ0v) is 15.1. The maximum atomic E-state index is 2.70. The van der Waals surface area contributed by atoms with Gasteiger partial charge >= 0.3 is 0 Å². The third kappa shape index (κ3) is 2.09. The summed E-state index contributed by atoms with van der Waals surface area (Å²) in [5.74, 6) is 3.94. The van der Waals surface area contributed by atoms with Crippen LogP contribution < -0.4 is 0 Å². The third-order valence-corrected chi connectivity index (χ3v) is 8.15. The zero-order chi connectivity index (χ0) is 15.5. The molecular weight excluding hydrogens is 264 g/mol. The lowest BCUT2D eigenvalue weighted by molar-refractivity contribution is 0.0176. The van der Waals surface area contributed by atoms with Crippen LogP contribution in [0.5, 0.6) is 0 Å². The van der Waals surface area contributed by atoms with Crippen LogP contribution in [0.3, 0.4) is 0 Å². The van der Waals surface area contributed by atoms with Gasteiger partial charge in [0.25, 0.3) is 0 Å². The molecule has 0 radical (unpaired) electrons. The van der Waals surface area contributed by atoms with Crippen LogP contribution >= 0.6 is 0 Å². The molecule has 0 bridgehead atoms. The molecule has 0 aromatic rings. The average molecular weight is 299 g/mol. The van der Waals surface area contributed by atoms with E-state index >= 15 is 0 Å². The van der Waals surface area contributed by atoms with Gasteiger partial charge in [0.2, 0.25) is 0 Å². The topological polar surface area (TPSA) is 0 Å². The average Bonchev–Trinajstić information content (AvgIpc) is 2.82. The predicted octanol–water partition coefficient (Wildman–Crippen LogP) is 6.53. The molecule has 122 valence electrons. The van der Waals surface area contributed by atoms with Gasteiger partial charge in [-0.25, -0.2) is 0 Å². The molecular formula is C22H34. The monoisotopic (exact) mass is 298 g/mol. The summed E-state index contributed by atoms with van der Waals surface area (Å²) in [7, 11) is 0. The molecule has 5 atom stereocenters. The van der Waals surface area contributed by atoms with Crippen molar-refractivity contribution >= 4 is 0 Å². The smallest absolute Gasteiger partial charge is 0.00852 e. The lowest BCUT2D eigenvalue weighted by Crippen LogP contribution is -2.45. The van der Waals surface area contributed by atoms with Crippen molar-refractivity contribution in [3.63, 3.8) is 0 Å². The van der Waals surface area contributed by atoms with Crippen LogP contribution in [-0.4, -0.2) is 0 Å². The minimum absolute atomic E-state index is 0.551. The summed E-state index contributed by atoms with van der Waals surface area (Å²) >= 11 is 0. The fourth-order valence-electron chi connectivity index (χ4n) is 6.98. The van der Waals surface area contributed by atoms with Crippen molar-refractivity contribution < 1.29 is 0 Å². The molecule has 0 spiro atoms. The van der Waals surface area contributed by atoms with E-state index in [1.807, 2.05) is 5.57 Å². The molecule has 0 heteroatoms. The van der Waals surface area contributed by atoms with E-state index in [9.17, 15) is 0 Å². The highest BCUT2D eigenvalue weighted by Gasteiger charge is 2.53. The lowest BCUT2D eigenvalue weighted by atomic mass is 9.51. The summed E-state index contributed by atoms with van der Waals surface area (Å²) in [5, 5.41) is 0. The van der Waals surface area contributed by atoms with Crippen molar-refractivity contribution in [2.45, 2.75) is 79.1 Å². The van der Waals surface area contributed by atoms with Crippen molar-refractivity contribution in [3.8, 4) is 0 Å². The van der Waals surface area contributed by atoms with E-state index in [1.165, 1.54) is 51.4 Å². The molecule has 3 saturated carbocycles. The number of hydrogen-bond donors (Lipinski definition) is 0. The zero-order valence-electron chi connectivity index (χ0n) is 15.1. The van der Waals surface area contributed by atoms with Crippen LogP contribution in [0.1, 0.15) is 79.1 Å². The molecule has 0 unspecified atom stereocenters. The van der Waals surface area contributed by atoms with Gasteiger partial charge in [-0.15, -0.1) is 0 Å². The van der Waals surface area contributed by atoms with Crippen molar-refractivity contribution in [1.82, 2.24) is 0 Å². The van der Waals surface area contributed by atoms with E-state index in [1.54, 1.807) is 5.57 Å². The second kappa shape index (κ2) is 4.99. The quantitative estimate of drug-likeness (QED) is 0.446. The largest absolute Gasteiger partial charge is 0.0879 e. The molecule has 4 aliphatic carbocycles. The van der Waals surface area contributed by atoms with Crippen LogP contribution in [-0.2, 0) is 0 Å². The molecule has 4 rings (SSSR count). The second-order valence-electron chi connectivity index (χ2n) is 9.74. The van der Waals surface area contributed by atoms with E-state index in [2.05, 4.69) is 39.8 Å². The first kappa shape index (κ1) is 15.0. The molecule has 0 amide bonds. The minimum Gasteiger partial charge on any atom is -0.0879 e. The fraction of sp³-hybridized carbons (Fsp3) is 0.818. The first-order chi connectivity index (χ1) is 10.4. The third-order valence-electron chi connectivity index (χ3n) is 8.15. The molecule has 0 N–H and O–H groups in total. The molecule has 0 aromatic carbocycles. The Kier molecular flexibility index (Phi) is 3.41. The molecule has 22 heavy (non-hydrogen) atoms. The molecule has 0 nitrogen and oxygen atoms in total. The van der Waals surface area contributed by atoms with Crippen LogP contribution in [0.4, 0.5) is 0 Å². The Morgan fingerprint density at radius 3 is 2.64 bits per heavy atom. The summed E-state index contributed by atoms with van der Waals surface area (Å²) in [6, 6.07) is 0. The molecule has 0 heterocycles. The Morgan fingerprint density at radius 1 is 1.05 bits per heavy atom. The number of hydrogen-bond acceptors (Lipinski definition) is 0. The van der Waals surface area contributed by atoms with Crippen molar-refractivity contribution in [2.75, 3.05) is 0 Å². The summed E-state index contributed by atoms with van der Waals surface area (Å²) < 4.78 is 0. The van der Waals surface area contributed by atoms with Crippen molar-refractivity contribution in [2.24, 2.45) is 34.5 Å². The number of fused-ring (bicyclic) bond motifs is 5. The van der Waals surface area contributed by atoms with Gasteiger partial charge in [0.05, 0.1) is 0 Å². The fourth-order valence-corrected chi connectivity index (χ4v) is 6.98. The first-order valence-corrected chi connectivity index (χ1v) is 9.79. The van der Waals surface area contributed by atoms with Crippen molar-refractivity contribution in [3.05, 3.63) is 23.3 Å². The highest BCUT2D eigenvalue weighted by molar-refractivity contribution is 5.26. The standard InChI is InChI=1S/C22H34/c1-5-16-7-9-20-19-8-6-15-14-21(2,3)12-10-17(15)18(19)11-13-22(16,20)4/h5-6,17-20H,7-14H2,1-4H3/b16-5-/t17-,18+,19+,20-,22+/m0/s1. The van der Waals surface area contributed by atoms with E-state index < -0.39 is 0 Å². The van der Waals surface area contributed by atoms with Gasteiger partial charge in [-0.3, -0.25) is 0 Å². The Hall–Kier alpha value is -0.520.